The van der Waals surface area contributed by atoms with Crippen LogP contribution in [0.15, 0.2) is 5.29 Å². The number of rotatable bonds is 10. The van der Waals surface area contributed by atoms with Crippen molar-refractivity contribution in [1.29, 1.82) is 0 Å². The first-order valence-corrected chi connectivity index (χ1v) is 7.56. The molecule has 0 aromatic rings. The standard InChI is InChI=1S/C8H17ClN4O5S/c1-18-6-3-11-19(16,17)7-4-10-8(14)13(12-15)5-2-9/h11H,2-7H2,1H3,(H,10,14). The zero-order chi connectivity index (χ0) is 14.7. The third kappa shape index (κ3) is 8.70. The van der Waals surface area contributed by atoms with Crippen LogP contribution in [0.2, 0.25) is 0 Å². The Morgan fingerprint density at radius 3 is 2.63 bits per heavy atom. The molecule has 0 aromatic heterocycles. The van der Waals surface area contributed by atoms with E-state index in [1.807, 2.05) is 0 Å². The molecule has 0 atom stereocenters. The van der Waals surface area contributed by atoms with Crippen molar-refractivity contribution in [1.82, 2.24) is 15.0 Å². The molecule has 2 amide bonds. The number of nitroso groups, excluding NO2 is 1. The van der Waals surface area contributed by atoms with E-state index in [4.69, 9.17) is 11.6 Å². The maximum atomic E-state index is 11.4. The number of carbonyl (C=O) groups is 1. The maximum Gasteiger partial charge on any atom is 0.340 e. The summed E-state index contributed by atoms with van der Waals surface area (Å²) in [6.07, 6.45) is 0. The fraction of sp³-hybridized carbons (Fsp3) is 0.875. The van der Waals surface area contributed by atoms with Crippen molar-refractivity contribution in [2.24, 2.45) is 5.29 Å². The summed E-state index contributed by atoms with van der Waals surface area (Å²) in [5.74, 6) is -0.258. The molecule has 0 spiro atoms. The molecular weight excluding hydrogens is 300 g/mol. The Morgan fingerprint density at radius 1 is 1.42 bits per heavy atom. The summed E-state index contributed by atoms with van der Waals surface area (Å²) in [5, 5.41) is 5.29. The number of nitrogens with one attached hydrogen (secondary N) is 2. The molecule has 112 valence electrons. The van der Waals surface area contributed by atoms with Gasteiger partial charge in [-0.2, -0.15) is 5.01 Å². The van der Waals surface area contributed by atoms with E-state index in [1.54, 1.807) is 0 Å². The molecule has 0 aromatic carbocycles. The molecule has 0 saturated heterocycles. The quantitative estimate of drug-likeness (QED) is 0.243. The highest BCUT2D eigenvalue weighted by Crippen LogP contribution is 1.92. The number of ether oxygens (including phenoxy) is 1. The highest BCUT2D eigenvalue weighted by molar-refractivity contribution is 7.89. The van der Waals surface area contributed by atoms with Gasteiger partial charge in [-0.05, 0) is 0 Å². The van der Waals surface area contributed by atoms with Gasteiger partial charge in [0, 0.05) is 26.1 Å². The molecule has 0 aliphatic carbocycles. The molecule has 0 aliphatic heterocycles. The fourth-order valence-corrected chi connectivity index (χ4v) is 2.08. The number of nitrogens with zero attached hydrogens (tertiary/aromatic N) is 2. The lowest BCUT2D eigenvalue weighted by molar-refractivity contribution is 0.202. The van der Waals surface area contributed by atoms with Crippen LogP contribution >= 0.6 is 11.6 Å². The van der Waals surface area contributed by atoms with Crippen LogP contribution in [0.5, 0.6) is 0 Å². The predicted molar refractivity (Wildman–Crippen MR) is 70.3 cm³/mol. The Labute approximate surface area is 116 Å². The maximum absolute atomic E-state index is 11.4. The van der Waals surface area contributed by atoms with Crippen LogP contribution < -0.4 is 10.0 Å². The van der Waals surface area contributed by atoms with E-state index < -0.39 is 16.1 Å². The van der Waals surface area contributed by atoms with Gasteiger partial charge in [0.05, 0.1) is 24.2 Å². The molecule has 0 rings (SSSR count). The van der Waals surface area contributed by atoms with Gasteiger partial charge in [-0.3, -0.25) is 0 Å². The van der Waals surface area contributed by atoms with Gasteiger partial charge in [0.25, 0.3) is 0 Å². The number of sulfonamides is 1. The number of halogens is 1. The van der Waals surface area contributed by atoms with Crippen LogP contribution in [0.4, 0.5) is 4.79 Å². The van der Waals surface area contributed by atoms with Crippen molar-refractivity contribution < 1.29 is 17.9 Å². The minimum atomic E-state index is -3.49. The number of amides is 2. The lowest BCUT2D eigenvalue weighted by Crippen LogP contribution is -2.41. The molecule has 2 N–H and O–H groups in total. The number of methoxy groups -OCH3 is 1. The van der Waals surface area contributed by atoms with Crippen LogP contribution in [-0.2, 0) is 14.8 Å². The molecule has 0 saturated carbocycles. The summed E-state index contributed by atoms with van der Waals surface area (Å²) in [4.78, 5) is 21.6. The second-order valence-corrected chi connectivity index (χ2v) is 5.64. The van der Waals surface area contributed by atoms with Gasteiger partial charge in [0.2, 0.25) is 10.0 Å². The van der Waals surface area contributed by atoms with Crippen molar-refractivity contribution in [3.8, 4) is 0 Å². The summed E-state index contributed by atoms with van der Waals surface area (Å²) < 4.78 is 29.8. The van der Waals surface area contributed by atoms with Crippen LogP contribution in [0.25, 0.3) is 0 Å². The van der Waals surface area contributed by atoms with Crippen molar-refractivity contribution in [3.05, 3.63) is 4.91 Å². The monoisotopic (exact) mass is 316 g/mol. The van der Waals surface area contributed by atoms with E-state index in [0.29, 0.717) is 5.01 Å². The normalized spacial score (nSPS) is 11.1. The summed E-state index contributed by atoms with van der Waals surface area (Å²) in [6.45, 7) is 0.219. The highest BCUT2D eigenvalue weighted by Gasteiger charge is 2.15. The number of hydrogen-bond donors (Lipinski definition) is 2. The first-order valence-electron chi connectivity index (χ1n) is 5.37. The predicted octanol–water partition coefficient (Wildman–Crippen LogP) is -0.516. The average molecular weight is 317 g/mol. The van der Waals surface area contributed by atoms with Gasteiger partial charge >= 0.3 is 6.03 Å². The lowest BCUT2D eigenvalue weighted by Gasteiger charge is -2.13. The Hall–Kier alpha value is -0.970. The molecule has 0 radical (unpaired) electrons. The van der Waals surface area contributed by atoms with E-state index in [0.717, 1.165) is 0 Å². The van der Waals surface area contributed by atoms with Crippen LogP contribution in [-0.4, -0.2) is 64.4 Å². The largest absolute Gasteiger partial charge is 0.383 e. The van der Waals surface area contributed by atoms with Crippen LogP contribution in [0.3, 0.4) is 0 Å². The molecule has 0 aliphatic rings. The van der Waals surface area contributed by atoms with Crippen molar-refractivity contribution in [2.45, 2.75) is 0 Å². The van der Waals surface area contributed by atoms with Gasteiger partial charge in [-0.25, -0.2) is 17.9 Å². The van der Waals surface area contributed by atoms with E-state index in [2.05, 4.69) is 20.1 Å². The second kappa shape index (κ2) is 9.89. The Balaban J connectivity index is 4.00. The first kappa shape index (κ1) is 18.0. The molecule has 0 heterocycles. The smallest absolute Gasteiger partial charge is 0.340 e. The summed E-state index contributed by atoms with van der Waals surface area (Å²) in [5.41, 5.74) is 0. The van der Waals surface area contributed by atoms with E-state index in [1.165, 1.54) is 7.11 Å². The molecule has 0 unspecified atom stereocenters. The van der Waals surface area contributed by atoms with E-state index >= 15 is 0 Å². The van der Waals surface area contributed by atoms with Gasteiger partial charge < -0.3 is 10.1 Å². The number of carbonyl (C=O) groups excluding carboxylic acids is 1. The summed E-state index contributed by atoms with van der Waals surface area (Å²) >= 11 is 5.36. The minimum absolute atomic E-state index is 0.0459. The topological polar surface area (TPSA) is 117 Å². The number of hydrogen-bond acceptors (Lipinski definition) is 6. The highest BCUT2D eigenvalue weighted by atomic mass is 35.5. The molecule has 11 heteroatoms. The third-order valence-corrected chi connectivity index (χ3v) is 3.46. The van der Waals surface area contributed by atoms with Gasteiger partial charge in [-0.15, -0.1) is 16.5 Å². The van der Waals surface area contributed by atoms with Gasteiger partial charge in [0.1, 0.15) is 0 Å². The Bertz CT molecular complexity index is 377. The van der Waals surface area contributed by atoms with Crippen molar-refractivity contribution in [3.63, 3.8) is 0 Å². The van der Waals surface area contributed by atoms with Crippen LogP contribution in [0.1, 0.15) is 0 Å². The van der Waals surface area contributed by atoms with Crippen molar-refractivity contribution in [2.75, 3.05) is 45.0 Å². The average Bonchev–Trinajstić information content (AvgIpc) is 2.35. The van der Waals surface area contributed by atoms with Gasteiger partial charge in [0.15, 0.2) is 0 Å². The first-order chi connectivity index (χ1) is 8.96. The van der Waals surface area contributed by atoms with Crippen molar-refractivity contribution >= 4 is 27.7 Å². The Kier molecular flexibility index (Phi) is 9.39. The molecule has 9 nitrogen and oxygen atoms in total. The van der Waals surface area contributed by atoms with Crippen LogP contribution in [0, 0.1) is 4.91 Å². The van der Waals surface area contributed by atoms with E-state index in [9.17, 15) is 18.1 Å². The second-order valence-electron chi connectivity index (χ2n) is 3.33. The number of alkyl halides is 1. The zero-order valence-electron chi connectivity index (χ0n) is 10.5. The lowest BCUT2D eigenvalue weighted by atomic mass is 10.6. The third-order valence-electron chi connectivity index (χ3n) is 1.90. The van der Waals surface area contributed by atoms with E-state index in [-0.39, 0.29) is 37.9 Å². The Morgan fingerprint density at radius 2 is 2.11 bits per heavy atom. The molecule has 0 bridgehead atoms. The number of urea groups is 1. The minimum Gasteiger partial charge on any atom is -0.383 e. The summed E-state index contributed by atoms with van der Waals surface area (Å²) in [6, 6.07) is -0.789. The summed E-state index contributed by atoms with van der Waals surface area (Å²) in [7, 11) is -2.04. The zero-order valence-corrected chi connectivity index (χ0v) is 12.0. The molecule has 0 fully saturated rings. The molecule has 19 heavy (non-hydrogen) atoms. The van der Waals surface area contributed by atoms with Gasteiger partial charge in [-0.1, -0.05) is 0 Å². The SMILES string of the molecule is COCCNS(=O)(=O)CCNC(=O)N(CCCl)N=O. The molecular formula is C8H17ClN4O5S. The fourth-order valence-electron chi connectivity index (χ4n) is 1.01.